The van der Waals surface area contributed by atoms with Crippen LogP contribution in [-0.4, -0.2) is 46.7 Å². The van der Waals surface area contributed by atoms with Gasteiger partial charge in [0.2, 0.25) is 0 Å². The van der Waals surface area contributed by atoms with Gasteiger partial charge in [0.15, 0.2) is 5.78 Å². The largest absolute Gasteiger partial charge is 0.497 e. The fraction of sp³-hybridized carbons (Fsp3) is 0.385. The molecule has 1 aliphatic carbocycles. The number of methoxy groups -OCH3 is 1. The van der Waals surface area contributed by atoms with Gasteiger partial charge in [-0.1, -0.05) is 30.1 Å². The van der Waals surface area contributed by atoms with E-state index in [2.05, 4.69) is 0 Å². The van der Waals surface area contributed by atoms with Gasteiger partial charge in [0.1, 0.15) is 11.8 Å². The quantitative estimate of drug-likeness (QED) is 0.396. The minimum absolute atomic E-state index is 0.0364. The fourth-order valence-corrected chi connectivity index (χ4v) is 5.41. The fourth-order valence-electron chi connectivity index (χ4n) is 4.92. The third-order valence-electron chi connectivity index (χ3n) is 6.87. The van der Waals surface area contributed by atoms with Crippen molar-refractivity contribution in [2.75, 3.05) is 7.11 Å². The lowest BCUT2D eigenvalue weighted by Gasteiger charge is -2.35. The molecular formula is C26H26Cl2N2O5. The van der Waals surface area contributed by atoms with Crippen LogP contribution < -0.4 is 4.74 Å². The Bertz CT molecular complexity index is 1180. The number of hydrazine groups is 1. The number of benzene rings is 2. The molecule has 2 aliphatic rings. The lowest BCUT2D eigenvalue weighted by Crippen LogP contribution is -2.56. The van der Waals surface area contributed by atoms with Crippen molar-refractivity contribution in [2.24, 2.45) is 17.8 Å². The van der Waals surface area contributed by atoms with E-state index >= 15 is 0 Å². The van der Waals surface area contributed by atoms with Gasteiger partial charge in [-0.3, -0.25) is 19.2 Å². The molecule has 1 saturated heterocycles. The van der Waals surface area contributed by atoms with Gasteiger partial charge in [-0.05, 0) is 74.6 Å². The number of ether oxygens (including phenoxy) is 1. The molecule has 0 aromatic heterocycles. The monoisotopic (exact) mass is 516 g/mol. The molecule has 0 unspecified atom stereocenters. The van der Waals surface area contributed by atoms with Crippen LogP contribution in [0.3, 0.4) is 0 Å². The van der Waals surface area contributed by atoms with E-state index in [-0.39, 0.29) is 10.6 Å². The summed E-state index contributed by atoms with van der Waals surface area (Å²) in [6.07, 6.45) is 1.96. The van der Waals surface area contributed by atoms with Crippen LogP contribution in [0.5, 0.6) is 5.75 Å². The van der Waals surface area contributed by atoms with Gasteiger partial charge in [0, 0.05) is 10.6 Å². The maximum absolute atomic E-state index is 13.8. The molecule has 0 bridgehead atoms. The molecule has 0 N–H and O–H groups in total. The van der Waals surface area contributed by atoms with Crippen LogP contribution in [0, 0.1) is 17.8 Å². The summed E-state index contributed by atoms with van der Waals surface area (Å²) in [5.74, 6) is -2.23. The first-order valence-electron chi connectivity index (χ1n) is 11.5. The van der Waals surface area contributed by atoms with Gasteiger partial charge in [0.05, 0.1) is 29.5 Å². The molecule has 184 valence electrons. The number of ketones is 1. The highest BCUT2D eigenvalue weighted by Gasteiger charge is 2.54. The van der Waals surface area contributed by atoms with Gasteiger partial charge < -0.3 is 4.74 Å². The predicted molar refractivity (Wildman–Crippen MR) is 131 cm³/mol. The molecule has 0 spiro atoms. The first-order valence-corrected chi connectivity index (χ1v) is 12.2. The molecule has 2 aromatic rings. The standard InChI is InChI=1S/C26H26Cl2N2O5/c1-14-4-10-19-21(12-14)26(34)30(24(19)32)29(25(33)20-11-7-17(27)13-22(20)28)15(2)23(31)16-5-8-18(35-3)9-6-16/h5-9,11,13-15,19,21H,4,10,12H2,1-3H3/t14-,15+,19-,21-/m1/s1. The van der Waals surface area contributed by atoms with Gasteiger partial charge in [-0.2, -0.15) is 5.01 Å². The molecule has 2 fully saturated rings. The van der Waals surface area contributed by atoms with E-state index < -0.39 is 41.4 Å². The van der Waals surface area contributed by atoms with E-state index in [0.717, 1.165) is 16.4 Å². The Morgan fingerprint density at radius 2 is 1.69 bits per heavy atom. The Hall–Kier alpha value is -2.90. The number of imide groups is 1. The molecule has 1 aliphatic heterocycles. The number of rotatable bonds is 6. The molecule has 4 atom stereocenters. The van der Waals surface area contributed by atoms with Gasteiger partial charge in [-0.25, -0.2) is 5.01 Å². The summed E-state index contributed by atoms with van der Waals surface area (Å²) < 4.78 is 5.15. The predicted octanol–water partition coefficient (Wildman–Crippen LogP) is 5.05. The number of amides is 3. The maximum atomic E-state index is 13.8. The Balaban J connectivity index is 1.76. The molecule has 0 radical (unpaired) electrons. The van der Waals surface area contributed by atoms with Crippen molar-refractivity contribution in [3.8, 4) is 5.75 Å². The second kappa shape index (κ2) is 9.99. The third kappa shape index (κ3) is 4.67. The summed E-state index contributed by atoms with van der Waals surface area (Å²) >= 11 is 12.3. The lowest BCUT2D eigenvalue weighted by atomic mass is 9.76. The normalized spacial score (nSPS) is 22.5. The van der Waals surface area contributed by atoms with Gasteiger partial charge in [-0.15, -0.1) is 0 Å². The van der Waals surface area contributed by atoms with E-state index in [0.29, 0.717) is 35.1 Å². The van der Waals surface area contributed by atoms with Gasteiger partial charge in [0.25, 0.3) is 17.7 Å². The molecule has 2 aromatic carbocycles. The maximum Gasteiger partial charge on any atom is 0.275 e. The average molecular weight is 517 g/mol. The van der Waals surface area contributed by atoms with Crippen molar-refractivity contribution >= 4 is 46.7 Å². The van der Waals surface area contributed by atoms with Crippen LogP contribution in [0.2, 0.25) is 10.0 Å². The van der Waals surface area contributed by atoms with E-state index in [1.807, 2.05) is 6.92 Å². The van der Waals surface area contributed by atoms with Gasteiger partial charge >= 0.3 is 0 Å². The molecule has 1 heterocycles. The summed E-state index contributed by atoms with van der Waals surface area (Å²) in [4.78, 5) is 54.2. The van der Waals surface area contributed by atoms with Crippen LogP contribution >= 0.6 is 23.2 Å². The SMILES string of the molecule is COc1ccc(C(=O)[C@H](C)N(C(=O)c2ccc(Cl)cc2Cl)N2C(=O)[C@@H]3CC[C@@H](C)C[C@H]3C2=O)cc1. The highest BCUT2D eigenvalue weighted by molar-refractivity contribution is 6.36. The molecule has 35 heavy (non-hydrogen) atoms. The Labute approximate surface area is 213 Å². The van der Waals surface area contributed by atoms with E-state index in [9.17, 15) is 19.2 Å². The molecule has 9 heteroatoms. The number of carbonyl (C=O) groups is 4. The van der Waals surface area contributed by atoms with E-state index in [1.54, 1.807) is 24.3 Å². The number of hydrogen-bond donors (Lipinski definition) is 0. The van der Waals surface area contributed by atoms with Crippen molar-refractivity contribution < 1.29 is 23.9 Å². The molecule has 1 saturated carbocycles. The summed E-state index contributed by atoms with van der Waals surface area (Å²) in [5, 5.41) is 2.23. The van der Waals surface area contributed by atoms with Crippen LogP contribution in [0.25, 0.3) is 0 Å². The Morgan fingerprint density at radius 1 is 1.03 bits per heavy atom. The summed E-state index contributed by atoms with van der Waals surface area (Å²) in [7, 11) is 1.51. The van der Waals surface area contributed by atoms with Crippen LogP contribution in [0.4, 0.5) is 0 Å². The van der Waals surface area contributed by atoms with Crippen molar-refractivity contribution in [1.82, 2.24) is 10.0 Å². The first-order chi connectivity index (χ1) is 16.6. The van der Waals surface area contributed by atoms with Crippen molar-refractivity contribution in [2.45, 2.75) is 39.2 Å². The highest BCUT2D eigenvalue weighted by Crippen LogP contribution is 2.42. The topological polar surface area (TPSA) is 84.0 Å². The van der Waals surface area contributed by atoms with Crippen molar-refractivity contribution in [3.63, 3.8) is 0 Å². The summed E-state index contributed by atoms with van der Waals surface area (Å²) in [6, 6.07) is 9.56. The smallest absolute Gasteiger partial charge is 0.275 e. The Kier molecular flexibility index (Phi) is 7.20. The molecule has 7 nitrogen and oxygen atoms in total. The molecular weight excluding hydrogens is 491 g/mol. The summed E-state index contributed by atoms with van der Waals surface area (Å²) in [6.45, 7) is 3.54. The van der Waals surface area contributed by atoms with E-state index in [4.69, 9.17) is 27.9 Å². The average Bonchev–Trinajstić information content (AvgIpc) is 3.08. The first kappa shape index (κ1) is 25.2. The van der Waals surface area contributed by atoms with E-state index in [1.165, 1.54) is 32.2 Å². The molecule has 4 rings (SSSR count). The number of halogens is 2. The second-order valence-corrected chi connectivity index (χ2v) is 10.0. The number of Topliss-reactive ketones (excluding diaryl/α,β-unsaturated/α-hetero) is 1. The van der Waals surface area contributed by atoms with Crippen LogP contribution in [0.15, 0.2) is 42.5 Å². The van der Waals surface area contributed by atoms with Crippen molar-refractivity contribution in [1.29, 1.82) is 0 Å². The zero-order chi connectivity index (χ0) is 25.4. The van der Waals surface area contributed by atoms with Crippen LogP contribution in [-0.2, 0) is 9.59 Å². The van der Waals surface area contributed by atoms with Crippen molar-refractivity contribution in [3.05, 3.63) is 63.6 Å². The lowest BCUT2D eigenvalue weighted by molar-refractivity contribution is -0.156. The minimum Gasteiger partial charge on any atom is -0.497 e. The number of hydrogen-bond acceptors (Lipinski definition) is 5. The third-order valence-corrected chi connectivity index (χ3v) is 7.42. The Morgan fingerprint density at radius 3 is 2.31 bits per heavy atom. The highest BCUT2D eigenvalue weighted by atomic mass is 35.5. The molecule has 3 amide bonds. The zero-order valence-electron chi connectivity index (χ0n) is 19.7. The summed E-state index contributed by atoms with van der Waals surface area (Å²) in [5.41, 5.74) is 0.345. The zero-order valence-corrected chi connectivity index (χ0v) is 21.2. The van der Waals surface area contributed by atoms with Crippen LogP contribution in [0.1, 0.15) is 53.8 Å². The number of fused-ring (bicyclic) bond motifs is 1. The number of nitrogens with zero attached hydrogens (tertiary/aromatic N) is 2. The number of carbonyl (C=O) groups excluding carboxylic acids is 4. The minimum atomic E-state index is -1.16. The second-order valence-electron chi connectivity index (χ2n) is 9.16.